The summed E-state index contributed by atoms with van der Waals surface area (Å²) in [5.74, 6) is 0.248. The molecule has 0 spiro atoms. The van der Waals surface area contributed by atoms with Crippen molar-refractivity contribution in [3.05, 3.63) is 34.1 Å². The number of nitrogens with two attached hydrogens (primary N) is 1. The minimum Gasteiger partial charge on any atom is -0.463 e. The molecular weight excluding hydrogens is 324 g/mol. The molecule has 20 heavy (non-hydrogen) atoms. The Morgan fingerprint density at radius 1 is 1.55 bits per heavy atom. The van der Waals surface area contributed by atoms with Gasteiger partial charge >= 0.3 is 0 Å². The van der Waals surface area contributed by atoms with Crippen molar-refractivity contribution in [2.75, 3.05) is 13.7 Å². The highest BCUT2D eigenvalue weighted by Gasteiger charge is 2.24. The Hall–Kier alpha value is -1.53. The summed E-state index contributed by atoms with van der Waals surface area (Å²) in [5, 5.41) is 0. The van der Waals surface area contributed by atoms with Crippen LogP contribution in [0.25, 0.3) is 11.5 Å². The predicted octanol–water partition coefficient (Wildman–Crippen LogP) is 2.95. The number of aromatic nitrogens is 1. The second kappa shape index (κ2) is 6.28. The van der Waals surface area contributed by atoms with E-state index in [4.69, 9.17) is 14.9 Å². The predicted molar refractivity (Wildman–Crippen MR) is 79.6 cm³/mol. The lowest BCUT2D eigenvalue weighted by Crippen LogP contribution is -2.13. The molecule has 0 bridgehead atoms. The highest BCUT2D eigenvalue weighted by Crippen LogP contribution is 2.36. The number of ether oxygens (including phenoxy) is 1. The molecule has 2 heterocycles. The van der Waals surface area contributed by atoms with Crippen LogP contribution in [0.15, 0.2) is 27.3 Å². The number of primary amides is 1. The smallest absolute Gasteiger partial charge is 0.251 e. The van der Waals surface area contributed by atoms with E-state index in [1.807, 2.05) is 23.6 Å². The van der Waals surface area contributed by atoms with Crippen molar-refractivity contribution < 1.29 is 13.9 Å². The number of carbonyl (C=O) groups excluding carboxylic acids is 1. The van der Waals surface area contributed by atoms with Gasteiger partial charge in [-0.15, -0.1) is 0 Å². The SMILES string of the molecule is COCCCn1c(C)c(C(N)=O)c(Br)c1-c1ccco1. The molecule has 0 fully saturated rings. The third-order valence-corrected chi connectivity index (χ3v) is 3.97. The standard InChI is InChI=1S/C14H17BrN2O3/c1-9-11(14(16)18)12(15)13(10-5-3-8-20-10)17(9)6-4-7-19-2/h3,5,8H,4,6-7H2,1-2H3,(H2,16,18). The number of hydrogen-bond donors (Lipinski definition) is 1. The van der Waals surface area contributed by atoms with Gasteiger partial charge in [-0.3, -0.25) is 4.79 Å². The summed E-state index contributed by atoms with van der Waals surface area (Å²) in [6.45, 7) is 3.25. The molecule has 0 atom stereocenters. The average Bonchev–Trinajstić information content (AvgIpc) is 2.97. The van der Waals surface area contributed by atoms with Crippen LogP contribution in [0.1, 0.15) is 22.5 Å². The summed E-state index contributed by atoms with van der Waals surface area (Å²) in [7, 11) is 1.67. The summed E-state index contributed by atoms with van der Waals surface area (Å²) >= 11 is 3.47. The molecule has 2 aromatic heterocycles. The second-order valence-electron chi connectivity index (χ2n) is 4.46. The number of carbonyl (C=O) groups is 1. The minimum absolute atomic E-state index is 0.451. The fourth-order valence-corrected chi connectivity index (χ4v) is 3.18. The maximum absolute atomic E-state index is 11.6. The molecule has 6 heteroatoms. The topological polar surface area (TPSA) is 70.4 Å². The Bertz CT molecular complexity index is 602. The number of rotatable bonds is 6. The highest BCUT2D eigenvalue weighted by atomic mass is 79.9. The second-order valence-corrected chi connectivity index (χ2v) is 5.26. The first-order chi connectivity index (χ1) is 9.57. The molecule has 1 amide bonds. The van der Waals surface area contributed by atoms with Crippen LogP contribution in [0.2, 0.25) is 0 Å². The van der Waals surface area contributed by atoms with Gasteiger partial charge in [0.15, 0.2) is 5.76 Å². The van der Waals surface area contributed by atoms with Gasteiger partial charge in [-0.1, -0.05) is 0 Å². The van der Waals surface area contributed by atoms with Gasteiger partial charge in [0.2, 0.25) is 0 Å². The third-order valence-electron chi connectivity index (χ3n) is 3.20. The maximum atomic E-state index is 11.6. The van der Waals surface area contributed by atoms with Crippen LogP contribution >= 0.6 is 15.9 Å². The van der Waals surface area contributed by atoms with E-state index in [0.29, 0.717) is 22.4 Å². The minimum atomic E-state index is -0.451. The molecule has 0 aliphatic rings. The van der Waals surface area contributed by atoms with E-state index in [2.05, 4.69) is 15.9 Å². The van der Waals surface area contributed by atoms with Gasteiger partial charge in [0.25, 0.3) is 5.91 Å². The molecule has 5 nitrogen and oxygen atoms in total. The zero-order valence-corrected chi connectivity index (χ0v) is 13.1. The molecule has 0 saturated carbocycles. The van der Waals surface area contributed by atoms with E-state index in [-0.39, 0.29) is 0 Å². The molecule has 0 radical (unpaired) electrons. The van der Waals surface area contributed by atoms with Crippen molar-refractivity contribution in [1.82, 2.24) is 4.57 Å². The zero-order chi connectivity index (χ0) is 14.7. The van der Waals surface area contributed by atoms with E-state index in [1.54, 1.807) is 13.4 Å². The van der Waals surface area contributed by atoms with E-state index in [1.165, 1.54) is 0 Å². The van der Waals surface area contributed by atoms with Crippen LogP contribution in [0.4, 0.5) is 0 Å². The van der Waals surface area contributed by atoms with Crippen molar-refractivity contribution in [3.63, 3.8) is 0 Å². The molecule has 0 aliphatic carbocycles. The van der Waals surface area contributed by atoms with Gasteiger partial charge in [-0.2, -0.15) is 0 Å². The zero-order valence-electron chi connectivity index (χ0n) is 11.5. The molecule has 0 unspecified atom stereocenters. The van der Waals surface area contributed by atoms with Gasteiger partial charge in [0, 0.05) is 26.0 Å². The average molecular weight is 341 g/mol. The van der Waals surface area contributed by atoms with Gasteiger partial charge < -0.3 is 19.5 Å². The molecule has 2 rings (SSSR count). The van der Waals surface area contributed by atoms with Crippen molar-refractivity contribution in [2.24, 2.45) is 5.73 Å². The van der Waals surface area contributed by atoms with Gasteiger partial charge in [-0.25, -0.2) is 0 Å². The quantitative estimate of drug-likeness (QED) is 0.821. The number of amides is 1. The van der Waals surface area contributed by atoms with Crippen molar-refractivity contribution in [1.29, 1.82) is 0 Å². The van der Waals surface area contributed by atoms with E-state index >= 15 is 0 Å². The summed E-state index contributed by atoms with van der Waals surface area (Å²) in [4.78, 5) is 11.6. The lowest BCUT2D eigenvalue weighted by Gasteiger charge is -2.10. The van der Waals surface area contributed by atoms with Gasteiger partial charge in [-0.05, 0) is 41.4 Å². The Morgan fingerprint density at radius 2 is 2.30 bits per heavy atom. The number of halogens is 1. The summed E-state index contributed by atoms with van der Waals surface area (Å²) in [5.41, 5.74) is 7.62. The first-order valence-corrected chi connectivity index (χ1v) is 7.08. The van der Waals surface area contributed by atoms with Crippen LogP contribution in [0, 0.1) is 6.92 Å². The summed E-state index contributed by atoms with van der Waals surface area (Å²) in [6, 6.07) is 3.67. The number of hydrogen-bond acceptors (Lipinski definition) is 3. The first kappa shape index (κ1) is 14.9. The molecule has 108 valence electrons. The molecule has 2 aromatic rings. The monoisotopic (exact) mass is 340 g/mol. The Morgan fingerprint density at radius 3 is 2.85 bits per heavy atom. The lowest BCUT2D eigenvalue weighted by molar-refractivity contribution is 0.0999. The van der Waals surface area contributed by atoms with E-state index < -0.39 is 5.91 Å². The van der Waals surface area contributed by atoms with Crippen molar-refractivity contribution in [2.45, 2.75) is 19.9 Å². The lowest BCUT2D eigenvalue weighted by atomic mass is 10.2. The third kappa shape index (κ3) is 2.66. The van der Waals surface area contributed by atoms with Crippen molar-refractivity contribution >= 4 is 21.8 Å². The first-order valence-electron chi connectivity index (χ1n) is 6.29. The van der Waals surface area contributed by atoms with Crippen LogP contribution < -0.4 is 5.73 Å². The fraction of sp³-hybridized carbons (Fsp3) is 0.357. The molecule has 0 aliphatic heterocycles. The van der Waals surface area contributed by atoms with Crippen LogP contribution in [0.5, 0.6) is 0 Å². The molecule has 0 saturated heterocycles. The van der Waals surface area contributed by atoms with E-state index in [9.17, 15) is 4.79 Å². The normalized spacial score (nSPS) is 10.9. The summed E-state index contributed by atoms with van der Waals surface area (Å²) < 4.78 is 13.2. The van der Waals surface area contributed by atoms with Crippen LogP contribution in [0.3, 0.4) is 0 Å². The number of nitrogens with zero attached hydrogens (tertiary/aromatic N) is 1. The molecule has 0 aromatic carbocycles. The Balaban J connectivity index is 2.52. The Kier molecular flexibility index (Phi) is 4.67. The Labute approximate surface area is 125 Å². The van der Waals surface area contributed by atoms with Crippen LogP contribution in [-0.4, -0.2) is 24.2 Å². The van der Waals surface area contributed by atoms with Gasteiger partial charge in [0.05, 0.1) is 22.0 Å². The maximum Gasteiger partial charge on any atom is 0.251 e. The summed E-state index contributed by atoms with van der Waals surface area (Å²) in [6.07, 6.45) is 2.44. The molecular formula is C14H17BrN2O3. The highest BCUT2D eigenvalue weighted by molar-refractivity contribution is 9.10. The van der Waals surface area contributed by atoms with Crippen LogP contribution in [-0.2, 0) is 11.3 Å². The molecule has 2 N–H and O–H groups in total. The van der Waals surface area contributed by atoms with Crippen molar-refractivity contribution in [3.8, 4) is 11.5 Å². The number of furan rings is 1. The fourth-order valence-electron chi connectivity index (χ4n) is 2.29. The number of methoxy groups -OCH3 is 1. The van der Waals surface area contributed by atoms with E-state index in [0.717, 1.165) is 24.4 Å². The largest absolute Gasteiger partial charge is 0.463 e. The van der Waals surface area contributed by atoms with Gasteiger partial charge in [0.1, 0.15) is 0 Å².